The van der Waals surface area contributed by atoms with Gasteiger partial charge in [0.25, 0.3) is 0 Å². The summed E-state index contributed by atoms with van der Waals surface area (Å²) in [7, 11) is 0. The van der Waals surface area contributed by atoms with Crippen LogP contribution < -0.4 is 5.32 Å². The summed E-state index contributed by atoms with van der Waals surface area (Å²) in [4.78, 5) is 11.8. The van der Waals surface area contributed by atoms with E-state index in [0.29, 0.717) is 31.1 Å². The zero-order valence-corrected chi connectivity index (χ0v) is 13.9. The second-order valence-corrected chi connectivity index (χ2v) is 6.36. The van der Waals surface area contributed by atoms with Crippen molar-refractivity contribution in [1.29, 1.82) is 0 Å². The number of unbranched alkanes of at least 4 members (excludes halogenated alkanes) is 1. The molecule has 1 fully saturated rings. The molecule has 1 aliphatic carbocycles. The van der Waals surface area contributed by atoms with Gasteiger partial charge >= 0.3 is 0 Å². The zero-order valence-electron chi connectivity index (χ0n) is 13.1. The Morgan fingerprint density at radius 1 is 1.14 bits per heavy atom. The second-order valence-electron chi connectivity index (χ2n) is 5.98. The molecular formula is C18H26ClNO2. The standard InChI is InChI=1S/C18H26ClNO2/c19-13-5-4-8-18(21)20-16-9-11-17(12-10-16)22-14-15-6-2-1-3-7-15/h1-3,6-7,16-17H,4-5,8-14H2,(H,20,21). The zero-order chi connectivity index (χ0) is 15.6. The fourth-order valence-electron chi connectivity index (χ4n) is 2.84. The van der Waals surface area contributed by atoms with Crippen LogP contribution >= 0.6 is 11.6 Å². The summed E-state index contributed by atoms with van der Waals surface area (Å²) >= 11 is 5.62. The van der Waals surface area contributed by atoms with Crippen LogP contribution in [0, 0.1) is 0 Å². The van der Waals surface area contributed by atoms with Gasteiger partial charge in [-0.2, -0.15) is 0 Å². The molecule has 0 spiro atoms. The van der Waals surface area contributed by atoms with Crippen molar-refractivity contribution in [2.45, 2.75) is 63.7 Å². The largest absolute Gasteiger partial charge is 0.374 e. The topological polar surface area (TPSA) is 38.3 Å². The molecule has 3 nitrogen and oxygen atoms in total. The molecular weight excluding hydrogens is 298 g/mol. The number of ether oxygens (including phenoxy) is 1. The molecule has 0 atom stereocenters. The summed E-state index contributed by atoms with van der Waals surface area (Å²) in [6, 6.07) is 10.6. The lowest BCUT2D eigenvalue weighted by Crippen LogP contribution is -2.39. The van der Waals surface area contributed by atoms with Crippen molar-refractivity contribution in [2.75, 3.05) is 5.88 Å². The normalized spacial score (nSPS) is 21.5. The SMILES string of the molecule is O=C(CCCCCl)NC1CCC(OCc2ccccc2)CC1. The van der Waals surface area contributed by atoms with Gasteiger partial charge in [0, 0.05) is 18.3 Å². The number of benzene rings is 1. The van der Waals surface area contributed by atoms with Gasteiger partial charge in [0.1, 0.15) is 0 Å². The van der Waals surface area contributed by atoms with E-state index < -0.39 is 0 Å². The van der Waals surface area contributed by atoms with Gasteiger partial charge in [0.05, 0.1) is 12.7 Å². The molecule has 0 saturated heterocycles. The van der Waals surface area contributed by atoms with E-state index in [9.17, 15) is 4.79 Å². The van der Waals surface area contributed by atoms with Crippen LogP contribution in [0.3, 0.4) is 0 Å². The van der Waals surface area contributed by atoms with Crippen LogP contribution in [0.4, 0.5) is 0 Å². The maximum Gasteiger partial charge on any atom is 0.220 e. The predicted molar refractivity (Wildman–Crippen MR) is 90.0 cm³/mol. The van der Waals surface area contributed by atoms with Crippen molar-refractivity contribution in [3.8, 4) is 0 Å². The Hall–Kier alpha value is -1.06. The summed E-state index contributed by atoms with van der Waals surface area (Å²) in [5, 5.41) is 3.13. The minimum absolute atomic E-state index is 0.166. The van der Waals surface area contributed by atoms with Crippen molar-refractivity contribution in [2.24, 2.45) is 0 Å². The van der Waals surface area contributed by atoms with Gasteiger partial charge in [-0.3, -0.25) is 4.79 Å². The van der Waals surface area contributed by atoms with E-state index >= 15 is 0 Å². The molecule has 1 aromatic carbocycles. The summed E-state index contributed by atoms with van der Waals surface area (Å²) in [5.74, 6) is 0.802. The molecule has 0 unspecified atom stereocenters. The monoisotopic (exact) mass is 323 g/mol. The van der Waals surface area contributed by atoms with Crippen molar-refractivity contribution >= 4 is 17.5 Å². The highest BCUT2D eigenvalue weighted by molar-refractivity contribution is 6.17. The molecule has 4 heteroatoms. The molecule has 22 heavy (non-hydrogen) atoms. The molecule has 1 aromatic rings. The highest BCUT2D eigenvalue weighted by Crippen LogP contribution is 2.22. The molecule has 1 saturated carbocycles. The second kappa shape index (κ2) is 9.86. The first kappa shape index (κ1) is 17.3. The van der Waals surface area contributed by atoms with Crippen molar-refractivity contribution in [3.05, 3.63) is 35.9 Å². The van der Waals surface area contributed by atoms with Crippen LogP contribution in [0.5, 0.6) is 0 Å². The number of hydrogen-bond donors (Lipinski definition) is 1. The number of amides is 1. The Morgan fingerprint density at radius 3 is 2.55 bits per heavy atom. The molecule has 0 aliphatic heterocycles. The van der Waals surface area contributed by atoms with Crippen molar-refractivity contribution < 1.29 is 9.53 Å². The third-order valence-electron chi connectivity index (χ3n) is 4.16. The first-order valence-corrected chi connectivity index (χ1v) is 8.82. The van der Waals surface area contributed by atoms with E-state index in [1.807, 2.05) is 18.2 Å². The maximum atomic E-state index is 11.8. The number of halogens is 1. The molecule has 1 N–H and O–H groups in total. The molecule has 1 aliphatic rings. The quantitative estimate of drug-likeness (QED) is 0.579. The molecule has 2 rings (SSSR count). The van der Waals surface area contributed by atoms with E-state index in [1.165, 1.54) is 5.56 Å². The summed E-state index contributed by atoms with van der Waals surface area (Å²) in [6.07, 6.45) is 6.79. The molecule has 0 heterocycles. The lowest BCUT2D eigenvalue weighted by atomic mass is 9.92. The van der Waals surface area contributed by atoms with Gasteiger partial charge in [0.2, 0.25) is 5.91 Å². The van der Waals surface area contributed by atoms with Gasteiger partial charge in [-0.25, -0.2) is 0 Å². The summed E-state index contributed by atoms with van der Waals surface area (Å²) in [6.45, 7) is 0.682. The third kappa shape index (κ3) is 6.37. The Kier molecular flexibility index (Phi) is 7.75. The molecule has 122 valence electrons. The minimum atomic E-state index is 0.166. The van der Waals surface area contributed by atoms with Crippen molar-refractivity contribution in [1.82, 2.24) is 5.32 Å². The first-order chi connectivity index (χ1) is 10.8. The first-order valence-electron chi connectivity index (χ1n) is 8.29. The van der Waals surface area contributed by atoms with Gasteiger partial charge in [-0.05, 0) is 44.1 Å². The maximum absolute atomic E-state index is 11.8. The fraction of sp³-hybridized carbons (Fsp3) is 0.611. The number of rotatable bonds is 8. The summed E-state index contributed by atoms with van der Waals surface area (Å²) in [5.41, 5.74) is 1.22. The van der Waals surface area contributed by atoms with E-state index in [-0.39, 0.29) is 5.91 Å². The number of nitrogens with one attached hydrogen (secondary N) is 1. The van der Waals surface area contributed by atoms with Crippen LogP contribution in [-0.4, -0.2) is 23.9 Å². The Bertz CT molecular complexity index is 430. The molecule has 1 amide bonds. The number of alkyl halides is 1. The smallest absolute Gasteiger partial charge is 0.220 e. The van der Waals surface area contributed by atoms with Crippen LogP contribution in [0.1, 0.15) is 50.5 Å². The lowest BCUT2D eigenvalue weighted by molar-refractivity contribution is -0.122. The van der Waals surface area contributed by atoms with Crippen LogP contribution in [0.15, 0.2) is 30.3 Å². The average molecular weight is 324 g/mol. The highest BCUT2D eigenvalue weighted by atomic mass is 35.5. The highest BCUT2D eigenvalue weighted by Gasteiger charge is 2.22. The Labute approximate surface area is 138 Å². The number of hydrogen-bond acceptors (Lipinski definition) is 2. The van der Waals surface area contributed by atoms with E-state index in [0.717, 1.165) is 38.5 Å². The minimum Gasteiger partial charge on any atom is -0.374 e. The van der Waals surface area contributed by atoms with Crippen LogP contribution in [-0.2, 0) is 16.1 Å². The Morgan fingerprint density at radius 2 is 1.86 bits per heavy atom. The number of carbonyl (C=O) groups excluding carboxylic acids is 1. The van der Waals surface area contributed by atoms with Crippen LogP contribution in [0.2, 0.25) is 0 Å². The molecule has 0 bridgehead atoms. The van der Waals surface area contributed by atoms with Gasteiger partial charge in [-0.1, -0.05) is 30.3 Å². The average Bonchev–Trinajstić information content (AvgIpc) is 2.55. The fourth-order valence-corrected chi connectivity index (χ4v) is 3.03. The van der Waals surface area contributed by atoms with E-state index in [4.69, 9.17) is 16.3 Å². The predicted octanol–water partition coefficient (Wildman–Crippen LogP) is 4.04. The van der Waals surface area contributed by atoms with Crippen LogP contribution in [0.25, 0.3) is 0 Å². The van der Waals surface area contributed by atoms with Crippen molar-refractivity contribution in [3.63, 3.8) is 0 Å². The van der Waals surface area contributed by atoms with E-state index in [2.05, 4.69) is 17.4 Å². The van der Waals surface area contributed by atoms with Gasteiger partial charge in [0.15, 0.2) is 0 Å². The lowest BCUT2D eigenvalue weighted by Gasteiger charge is -2.29. The summed E-state index contributed by atoms with van der Waals surface area (Å²) < 4.78 is 5.97. The van der Waals surface area contributed by atoms with Gasteiger partial charge in [-0.15, -0.1) is 11.6 Å². The third-order valence-corrected chi connectivity index (χ3v) is 4.42. The van der Waals surface area contributed by atoms with E-state index in [1.54, 1.807) is 0 Å². The van der Waals surface area contributed by atoms with Gasteiger partial charge < -0.3 is 10.1 Å². The molecule has 0 aromatic heterocycles. The number of carbonyl (C=O) groups is 1. The molecule has 0 radical (unpaired) electrons. The Balaban J connectivity index is 1.60.